The van der Waals surface area contributed by atoms with Crippen molar-refractivity contribution in [2.24, 2.45) is 0 Å². The molecule has 0 unspecified atom stereocenters. The van der Waals surface area contributed by atoms with Crippen molar-refractivity contribution in [3.63, 3.8) is 0 Å². The van der Waals surface area contributed by atoms with E-state index in [1.54, 1.807) is 24.3 Å². The van der Waals surface area contributed by atoms with Crippen LogP contribution in [-0.4, -0.2) is 16.9 Å². The van der Waals surface area contributed by atoms with Crippen LogP contribution in [0.3, 0.4) is 0 Å². The van der Waals surface area contributed by atoms with Gasteiger partial charge in [-0.1, -0.05) is 41.7 Å². The molecule has 0 saturated heterocycles. The van der Waals surface area contributed by atoms with Gasteiger partial charge in [-0.3, -0.25) is 4.79 Å². The molecule has 3 heteroatoms. The van der Waals surface area contributed by atoms with Gasteiger partial charge in [0.05, 0.1) is 0 Å². The normalized spacial score (nSPS) is 9.57. The molecule has 0 aliphatic rings. The number of hydrogen-bond donors (Lipinski definition) is 1. The minimum atomic E-state index is -1.40. The Hall–Kier alpha value is -2.86. The second-order valence-corrected chi connectivity index (χ2v) is 4.72. The number of carboxylic acids is 1. The van der Waals surface area contributed by atoms with E-state index < -0.39 is 11.8 Å². The van der Waals surface area contributed by atoms with Gasteiger partial charge in [0.1, 0.15) is 0 Å². The van der Waals surface area contributed by atoms with E-state index in [0.717, 1.165) is 11.1 Å². The third kappa shape index (κ3) is 4.32. The first-order valence-corrected chi connectivity index (χ1v) is 6.48. The second-order valence-electron chi connectivity index (χ2n) is 4.72. The van der Waals surface area contributed by atoms with Gasteiger partial charge in [-0.2, -0.15) is 0 Å². The number of ketones is 1. The fourth-order valence-electron chi connectivity index (χ4n) is 1.75. The fraction of sp³-hybridized carbons (Fsp3) is 0.111. The number of carbonyl (C=O) groups excluding carboxylic acids is 1. The Balaban J connectivity index is 2.08. The predicted molar refractivity (Wildman–Crippen MR) is 79.9 cm³/mol. The van der Waals surface area contributed by atoms with Crippen LogP contribution in [0.5, 0.6) is 0 Å². The molecular formula is C18H14O3. The zero-order valence-corrected chi connectivity index (χ0v) is 11.6. The van der Waals surface area contributed by atoms with Crippen molar-refractivity contribution >= 4 is 11.8 Å². The Morgan fingerprint density at radius 3 is 1.86 bits per heavy atom. The quantitative estimate of drug-likeness (QED) is 0.693. The van der Waals surface area contributed by atoms with Gasteiger partial charge in [0.25, 0.3) is 0 Å². The van der Waals surface area contributed by atoms with E-state index in [1.165, 1.54) is 5.56 Å². The zero-order chi connectivity index (χ0) is 15.2. The average Bonchev–Trinajstić information content (AvgIpc) is 2.48. The molecule has 0 fully saturated rings. The molecule has 0 radical (unpaired) electrons. The maximum Gasteiger partial charge on any atom is 0.372 e. The van der Waals surface area contributed by atoms with Crippen molar-refractivity contribution in [1.29, 1.82) is 0 Å². The van der Waals surface area contributed by atoms with Gasteiger partial charge in [-0.15, -0.1) is 0 Å². The summed E-state index contributed by atoms with van der Waals surface area (Å²) in [7, 11) is 0. The van der Waals surface area contributed by atoms with E-state index in [1.807, 2.05) is 31.2 Å². The van der Waals surface area contributed by atoms with Crippen molar-refractivity contribution < 1.29 is 14.7 Å². The smallest absolute Gasteiger partial charge is 0.372 e. The topological polar surface area (TPSA) is 54.4 Å². The van der Waals surface area contributed by atoms with Crippen LogP contribution in [0.4, 0.5) is 0 Å². The van der Waals surface area contributed by atoms with Crippen LogP contribution in [-0.2, 0) is 16.0 Å². The maximum atomic E-state index is 11.1. The molecular weight excluding hydrogens is 264 g/mol. The Morgan fingerprint density at radius 2 is 1.38 bits per heavy atom. The SMILES string of the molecule is Cc1ccc(C#Cc2ccc(CC(=O)C(=O)O)cc2)cc1. The van der Waals surface area contributed by atoms with Gasteiger partial charge in [0, 0.05) is 17.5 Å². The van der Waals surface area contributed by atoms with Crippen molar-refractivity contribution in [3.05, 3.63) is 70.8 Å². The van der Waals surface area contributed by atoms with Gasteiger partial charge in [0.15, 0.2) is 0 Å². The summed E-state index contributed by atoms with van der Waals surface area (Å²) in [5, 5.41) is 8.56. The molecule has 0 heterocycles. The molecule has 2 rings (SSSR count). The summed E-state index contributed by atoms with van der Waals surface area (Å²) in [6, 6.07) is 14.9. The van der Waals surface area contributed by atoms with Crippen LogP contribution in [0.2, 0.25) is 0 Å². The Bertz CT molecular complexity index is 714. The van der Waals surface area contributed by atoms with Crippen LogP contribution < -0.4 is 0 Å². The number of carboxylic acid groups (broad SMARTS) is 1. The van der Waals surface area contributed by atoms with Crippen molar-refractivity contribution in [2.75, 3.05) is 0 Å². The lowest BCUT2D eigenvalue weighted by atomic mass is 10.1. The van der Waals surface area contributed by atoms with E-state index in [2.05, 4.69) is 11.8 Å². The molecule has 0 amide bonds. The highest BCUT2D eigenvalue weighted by Crippen LogP contribution is 2.06. The molecule has 0 bridgehead atoms. The Kier molecular flexibility index (Phi) is 4.53. The number of aliphatic carboxylic acids is 1. The minimum absolute atomic E-state index is 0.0962. The van der Waals surface area contributed by atoms with Gasteiger partial charge >= 0.3 is 5.97 Å². The lowest BCUT2D eigenvalue weighted by Gasteiger charge is -1.98. The third-order valence-corrected chi connectivity index (χ3v) is 2.96. The lowest BCUT2D eigenvalue weighted by molar-refractivity contribution is -0.148. The standard InChI is InChI=1S/C18H14O3/c1-13-2-4-14(5-3-13)6-7-15-8-10-16(11-9-15)12-17(19)18(20)21/h2-5,8-11H,12H2,1H3,(H,20,21). The van der Waals surface area contributed by atoms with Gasteiger partial charge in [-0.25, -0.2) is 4.79 Å². The second kappa shape index (κ2) is 6.53. The highest BCUT2D eigenvalue weighted by Gasteiger charge is 2.11. The molecule has 0 saturated carbocycles. The summed E-state index contributed by atoms with van der Waals surface area (Å²) < 4.78 is 0. The molecule has 0 aromatic heterocycles. The maximum absolute atomic E-state index is 11.1. The molecule has 21 heavy (non-hydrogen) atoms. The van der Waals surface area contributed by atoms with Gasteiger partial charge < -0.3 is 5.11 Å². The molecule has 2 aromatic rings. The predicted octanol–water partition coefficient (Wildman–Crippen LogP) is 2.59. The Labute approximate surface area is 123 Å². The van der Waals surface area contributed by atoms with Crippen molar-refractivity contribution in [2.45, 2.75) is 13.3 Å². The van der Waals surface area contributed by atoms with E-state index in [9.17, 15) is 9.59 Å². The van der Waals surface area contributed by atoms with Crippen LogP contribution in [0.1, 0.15) is 22.3 Å². The number of benzene rings is 2. The Morgan fingerprint density at radius 1 is 0.905 bits per heavy atom. The zero-order valence-electron chi connectivity index (χ0n) is 11.6. The van der Waals surface area contributed by atoms with Crippen LogP contribution in [0.15, 0.2) is 48.5 Å². The van der Waals surface area contributed by atoms with E-state index in [4.69, 9.17) is 5.11 Å². The number of aryl methyl sites for hydroxylation is 1. The third-order valence-electron chi connectivity index (χ3n) is 2.96. The molecule has 0 aliphatic carbocycles. The van der Waals surface area contributed by atoms with E-state index >= 15 is 0 Å². The van der Waals surface area contributed by atoms with Crippen LogP contribution in [0, 0.1) is 18.8 Å². The van der Waals surface area contributed by atoms with Crippen LogP contribution in [0.25, 0.3) is 0 Å². The first-order chi connectivity index (χ1) is 10.0. The number of hydrogen-bond acceptors (Lipinski definition) is 2. The fourth-order valence-corrected chi connectivity index (χ4v) is 1.75. The summed E-state index contributed by atoms with van der Waals surface area (Å²) in [6.45, 7) is 2.02. The van der Waals surface area contributed by atoms with Gasteiger partial charge in [-0.05, 0) is 36.8 Å². The summed E-state index contributed by atoms with van der Waals surface area (Å²) in [6.07, 6.45) is -0.0962. The summed E-state index contributed by atoms with van der Waals surface area (Å²) in [5.74, 6) is 3.87. The van der Waals surface area contributed by atoms with Crippen LogP contribution >= 0.6 is 0 Å². The monoisotopic (exact) mass is 278 g/mol. The van der Waals surface area contributed by atoms with Crippen molar-refractivity contribution in [3.8, 4) is 11.8 Å². The first-order valence-electron chi connectivity index (χ1n) is 6.48. The summed E-state index contributed by atoms with van der Waals surface area (Å²) in [5.41, 5.74) is 3.61. The van der Waals surface area contributed by atoms with E-state index in [-0.39, 0.29) is 6.42 Å². The molecule has 1 N–H and O–H groups in total. The number of rotatable bonds is 3. The number of carbonyl (C=O) groups is 2. The molecule has 2 aromatic carbocycles. The molecule has 104 valence electrons. The molecule has 0 aliphatic heterocycles. The highest BCUT2D eigenvalue weighted by molar-refractivity contribution is 6.33. The first kappa shape index (κ1) is 14.5. The summed E-state index contributed by atoms with van der Waals surface area (Å²) in [4.78, 5) is 21.6. The largest absolute Gasteiger partial charge is 0.475 e. The average molecular weight is 278 g/mol. The molecule has 0 spiro atoms. The van der Waals surface area contributed by atoms with Gasteiger partial charge in [0.2, 0.25) is 5.78 Å². The lowest BCUT2D eigenvalue weighted by Crippen LogP contribution is -2.14. The summed E-state index contributed by atoms with van der Waals surface area (Å²) >= 11 is 0. The molecule has 3 nitrogen and oxygen atoms in total. The minimum Gasteiger partial charge on any atom is -0.475 e. The van der Waals surface area contributed by atoms with E-state index in [0.29, 0.717) is 5.56 Å². The molecule has 0 atom stereocenters. The highest BCUT2D eigenvalue weighted by atomic mass is 16.4. The van der Waals surface area contributed by atoms with Crippen molar-refractivity contribution in [1.82, 2.24) is 0 Å². The number of Topliss-reactive ketones (excluding diaryl/α,β-unsaturated/α-hetero) is 1.